The first-order chi connectivity index (χ1) is 10.7. The van der Waals surface area contributed by atoms with Gasteiger partial charge in [0, 0.05) is 23.5 Å². The maximum Gasteiger partial charge on any atom is 0.253 e. The van der Waals surface area contributed by atoms with Crippen molar-refractivity contribution >= 4 is 5.91 Å². The molecule has 1 aromatic rings. The lowest BCUT2D eigenvalue weighted by atomic mass is 9.95. The third-order valence-electron chi connectivity index (χ3n) is 5.61. The average molecular weight is 302 g/mol. The van der Waals surface area contributed by atoms with Crippen molar-refractivity contribution in [2.24, 2.45) is 0 Å². The fraction of sp³-hybridized carbons (Fsp3) is 0.737. The minimum Gasteiger partial charge on any atom is -0.349 e. The highest BCUT2D eigenvalue weighted by atomic mass is 16.1. The third-order valence-corrected chi connectivity index (χ3v) is 5.61. The predicted octanol–water partition coefficient (Wildman–Crippen LogP) is 4.67. The molecule has 22 heavy (non-hydrogen) atoms. The van der Waals surface area contributed by atoms with Gasteiger partial charge in [0.05, 0.1) is 5.56 Å². The van der Waals surface area contributed by atoms with Crippen molar-refractivity contribution in [2.75, 3.05) is 0 Å². The topological polar surface area (TPSA) is 34.0 Å². The number of rotatable bonds is 3. The van der Waals surface area contributed by atoms with E-state index in [1.54, 1.807) is 0 Å². The number of nitrogens with one attached hydrogen (secondary N) is 1. The zero-order chi connectivity index (χ0) is 15.5. The van der Waals surface area contributed by atoms with Crippen LogP contribution in [0.1, 0.15) is 92.0 Å². The minimum atomic E-state index is 0.141. The lowest BCUT2D eigenvalue weighted by molar-refractivity contribution is 0.0927. The van der Waals surface area contributed by atoms with Gasteiger partial charge < -0.3 is 9.88 Å². The Kier molecular flexibility index (Phi) is 4.90. The second-order valence-electron chi connectivity index (χ2n) is 7.26. The minimum absolute atomic E-state index is 0.141. The second kappa shape index (κ2) is 6.89. The van der Waals surface area contributed by atoms with Crippen molar-refractivity contribution < 1.29 is 4.79 Å². The summed E-state index contributed by atoms with van der Waals surface area (Å²) in [6.07, 6.45) is 12.7. The Morgan fingerprint density at radius 1 is 1.00 bits per heavy atom. The molecule has 1 N–H and O–H groups in total. The average Bonchev–Trinajstić information content (AvgIpc) is 2.84. The van der Waals surface area contributed by atoms with Crippen LogP contribution >= 0.6 is 0 Å². The summed E-state index contributed by atoms with van der Waals surface area (Å²) in [4.78, 5) is 12.7. The Balaban J connectivity index is 1.74. The highest BCUT2D eigenvalue weighted by Gasteiger charge is 2.24. The first kappa shape index (κ1) is 15.6. The Morgan fingerprint density at radius 3 is 2.23 bits per heavy atom. The molecule has 0 unspecified atom stereocenters. The Labute approximate surface area is 134 Å². The number of aromatic nitrogens is 1. The summed E-state index contributed by atoms with van der Waals surface area (Å²) < 4.78 is 2.43. The molecule has 1 aromatic heterocycles. The van der Waals surface area contributed by atoms with Crippen LogP contribution in [0.3, 0.4) is 0 Å². The van der Waals surface area contributed by atoms with Crippen molar-refractivity contribution in [3.8, 4) is 0 Å². The quantitative estimate of drug-likeness (QED) is 0.864. The van der Waals surface area contributed by atoms with E-state index in [-0.39, 0.29) is 5.91 Å². The second-order valence-corrected chi connectivity index (χ2v) is 7.26. The molecular weight excluding hydrogens is 272 g/mol. The van der Waals surface area contributed by atoms with Crippen LogP contribution < -0.4 is 5.32 Å². The van der Waals surface area contributed by atoms with Gasteiger partial charge in [0.1, 0.15) is 0 Å². The van der Waals surface area contributed by atoms with Crippen LogP contribution in [0.5, 0.6) is 0 Å². The van der Waals surface area contributed by atoms with Gasteiger partial charge in [-0.25, -0.2) is 0 Å². The number of aryl methyl sites for hydroxylation is 1. The molecule has 2 fully saturated rings. The van der Waals surface area contributed by atoms with Crippen LogP contribution in [-0.2, 0) is 0 Å². The van der Waals surface area contributed by atoms with Crippen LogP contribution in [-0.4, -0.2) is 16.5 Å². The SMILES string of the molecule is Cc1cc(C(=O)NC2CCCCC2)c(C)n1C1CCCCC1. The fourth-order valence-electron chi connectivity index (χ4n) is 4.42. The highest BCUT2D eigenvalue weighted by molar-refractivity contribution is 5.95. The molecule has 2 aliphatic rings. The van der Waals surface area contributed by atoms with E-state index in [2.05, 4.69) is 29.8 Å². The molecule has 0 atom stereocenters. The van der Waals surface area contributed by atoms with Crippen LogP contribution in [0, 0.1) is 13.8 Å². The van der Waals surface area contributed by atoms with Crippen molar-refractivity contribution in [3.05, 3.63) is 23.0 Å². The molecule has 0 aliphatic heterocycles. The van der Waals surface area contributed by atoms with E-state index in [4.69, 9.17) is 0 Å². The van der Waals surface area contributed by atoms with E-state index >= 15 is 0 Å². The van der Waals surface area contributed by atoms with Crippen LogP contribution in [0.2, 0.25) is 0 Å². The molecule has 122 valence electrons. The number of hydrogen-bond donors (Lipinski definition) is 1. The van der Waals surface area contributed by atoms with Gasteiger partial charge >= 0.3 is 0 Å². The summed E-state index contributed by atoms with van der Waals surface area (Å²) in [7, 11) is 0. The van der Waals surface area contributed by atoms with E-state index in [0.29, 0.717) is 12.1 Å². The van der Waals surface area contributed by atoms with E-state index in [1.807, 2.05) is 0 Å². The third kappa shape index (κ3) is 3.23. The number of hydrogen-bond acceptors (Lipinski definition) is 1. The molecule has 1 heterocycles. The fourth-order valence-corrected chi connectivity index (χ4v) is 4.42. The molecule has 0 spiro atoms. The Morgan fingerprint density at radius 2 is 1.59 bits per heavy atom. The number of carbonyl (C=O) groups is 1. The highest BCUT2D eigenvalue weighted by Crippen LogP contribution is 2.32. The molecule has 2 saturated carbocycles. The van der Waals surface area contributed by atoms with Crippen LogP contribution in [0.25, 0.3) is 0 Å². The molecule has 2 aliphatic carbocycles. The van der Waals surface area contributed by atoms with Crippen LogP contribution in [0.4, 0.5) is 0 Å². The number of carbonyl (C=O) groups excluding carboxylic acids is 1. The van der Waals surface area contributed by atoms with Gasteiger partial charge in [-0.2, -0.15) is 0 Å². The Hall–Kier alpha value is -1.25. The van der Waals surface area contributed by atoms with E-state index in [1.165, 1.54) is 57.1 Å². The lowest BCUT2D eigenvalue weighted by Gasteiger charge is -2.26. The normalized spacial score (nSPS) is 21.0. The molecule has 0 saturated heterocycles. The van der Waals surface area contributed by atoms with Gasteiger partial charge in [-0.15, -0.1) is 0 Å². The maximum absolute atomic E-state index is 12.7. The van der Waals surface area contributed by atoms with Crippen molar-refractivity contribution in [1.29, 1.82) is 0 Å². The summed E-state index contributed by atoms with van der Waals surface area (Å²) in [5, 5.41) is 3.27. The number of nitrogens with zero attached hydrogens (tertiary/aromatic N) is 1. The molecular formula is C19H30N2O. The molecule has 0 radical (unpaired) electrons. The largest absolute Gasteiger partial charge is 0.349 e. The maximum atomic E-state index is 12.7. The summed E-state index contributed by atoms with van der Waals surface area (Å²) in [5.41, 5.74) is 3.31. The molecule has 0 bridgehead atoms. The summed E-state index contributed by atoms with van der Waals surface area (Å²) in [5.74, 6) is 0.141. The van der Waals surface area contributed by atoms with Gasteiger partial charge in [-0.05, 0) is 45.6 Å². The van der Waals surface area contributed by atoms with Crippen LogP contribution in [0.15, 0.2) is 6.07 Å². The van der Waals surface area contributed by atoms with Gasteiger partial charge in [0.25, 0.3) is 5.91 Å². The van der Waals surface area contributed by atoms with Crippen molar-refractivity contribution in [2.45, 2.75) is 90.1 Å². The van der Waals surface area contributed by atoms with Gasteiger partial charge in [-0.1, -0.05) is 38.5 Å². The zero-order valence-corrected chi connectivity index (χ0v) is 14.2. The lowest BCUT2D eigenvalue weighted by Crippen LogP contribution is -2.36. The summed E-state index contributed by atoms with van der Waals surface area (Å²) >= 11 is 0. The van der Waals surface area contributed by atoms with E-state index in [0.717, 1.165) is 24.1 Å². The molecule has 3 rings (SSSR count). The van der Waals surface area contributed by atoms with Gasteiger partial charge in [0.15, 0.2) is 0 Å². The van der Waals surface area contributed by atoms with Crippen molar-refractivity contribution in [3.63, 3.8) is 0 Å². The smallest absolute Gasteiger partial charge is 0.253 e. The molecule has 3 nitrogen and oxygen atoms in total. The van der Waals surface area contributed by atoms with Gasteiger partial charge in [-0.3, -0.25) is 4.79 Å². The zero-order valence-electron chi connectivity index (χ0n) is 14.2. The van der Waals surface area contributed by atoms with E-state index < -0.39 is 0 Å². The summed E-state index contributed by atoms with van der Waals surface area (Å²) in [6.45, 7) is 4.27. The predicted molar refractivity (Wildman–Crippen MR) is 90.4 cm³/mol. The van der Waals surface area contributed by atoms with E-state index in [9.17, 15) is 4.79 Å². The summed E-state index contributed by atoms with van der Waals surface area (Å²) in [6, 6.07) is 3.09. The molecule has 3 heteroatoms. The number of amides is 1. The van der Waals surface area contributed by atoms with Crippen molar-refractivity contribution in [1.82, 2.24) is 9.88 Å². The molecule has 1 amide bonds. The first-order valence-electron chi connectivity index (χ1n) is 9.16. The molecule has 0 aromatic carbocycles. The first-order valence-corrected chi connectivity index (χ1v) is 9.16. The monoisotopic (exact) mass is 302 g/mol. The Bertz CT molecular complexity index is 520. The standard InChI is InChI=1S/C19H30N2O/c1-14-13-18(19(22)20-16-9-5-3-6-10-16)15(2)21(14)17-11-7-4-8-12-17/h13,16-17H,3-12H2,1-2H3,(H,20,22). The van der Waals surface area contributed by atoms with Gasteiger partial charge in [0.2, 0.25) is 0 Å².